The van der Waals surface area contributed by atoms with Crippen LogP contribution in [0.15, 0.2) is 29.0 Å². The summed E-state index contributed by atoms with van der Waals surface area (Å²) < 4.78 is 42.8. The van der Waals surface area contributed by atoms with E-state index in [0.717, 1.165) is 31.1 Å². The second-order valence-electron chi connectivity index (χ2n) is 7.56. The van der Waals surface area contributed by atoms with Crippen molar-refractivity contribution < 1.29 is 37.1 Å². The first-order valence-electron chi connectivity index (χ1n) is 9.74. The molecule has 2 saturated heterocycles. The van der Waals surface area contributed by atoms with E-state index < -0.39 is 12.1 Å². The number of aromatic nitrogens is 3. The predicted molar refractivity (Wildman–Crippen MR) is 101 cm³/mol. The van der Waals surface area contributed by atoms with Gasteiger partial charge in [0, 0.05) is 44.1 Å². The number of rotatable bonds is 5. The van der Waals surface area contributed by atoms with Crippen molar-refractivity contribution in [1.82, 2.24) is 25.6 Å². The lowest BCUT2D eigenvalue weighted by Crippen LogP contribution is -2.34. The third kappa shape index (κ3) is 6.23. The highest BCUT2D eigenvalue weighted by atomic mass is 19.4. The molecule has 0 radical (unpaired) electrons. The van der Waals surface area contributed by atoms with Crippen LogP contribution in [-0.2, 0) is 16.1 Å². The monoisotopic (exact) mass is 457 g/mol. The van der Waals surface area contributed by atoms with E-state index in [2.05, 4.69) is 25.6 Å². The smallest absolute Gasteiger partial charge is 0.475 e. The number of ether oxygens (including phenoxy) is 1. The maximum atomic E-state index is 12.2. The van der Waals surface area contributed by atoms with Gasteiger partial charge in [0.05, 0.1) is 36.4 Å². The summed E-state index contributed by atoms with van der Waals surface area (Å²) in [5, 5.41) is 21.6. The van der Waals surface area contributed by atoms with Gasteiger partial charge in [0.15, 0.2) is 0 Å². The second-order valence-corrected chi connectivity index (χ2v) is 7.56. The van der Waals surface area contributed by atoms with E-state index in [-0.39, 0.29) is 12.0 Å². The van der Waals surface area contributed by atoms with Gasteiger partial charge in [-0.1, -0.05) is 5.16 Å². The largest absolute Gasteiger partial charge is 0.490 e. The number of nitrogens with one attached hydrogen (secondary N) is 1. The molecule has 0 unspecified atom stereocenters. The molecule has 174 valence electrons. The zero-order valence-electron chi connectivity index (χ0n) is 17.1. The summed E-state index contributed by atoms with van der Waals surface area (Å²) in [5.74, 6) is -1.28. The normalized spacial score (nSPS) is 22.7. The van der Waals surface area contributed by atoms with Crippen molar-refractivity contribution in [2.45, 2.75) is 25.7 Å². The molecule has 0 aliphatic carbocycles. The van der Waals surface area contributed by atoms with Crippen LogP contribution in [0.4, 0.5) is 13.2 Å². The average Bonchev–Trinajstić information content (AvgIpc) is 3.43. The van der Waals surface area contributed by atoms with Crippen molar-refractivity contribution in [3.8, 4) is 0 Å². The van der Waals surface area contributed by atoms with Gasteiger partial charge in [0.1, 0.15) is 5.76 Å². The summed E-state index contributed by atoms with van der Waals surface area (Å²) in [6, 6.07) is 3.63. The fraction of sp³-hybridized carbons (Fsp3) is 0.526. The van der Waals surface area contributed by atoms with Gasteiger partial charge >= 0.3 is 12.1 Å². The van der Waals surface area contributed by atoms with Crippen molar-refractivity contribution >= 4 is 11.9 Å². The number of nitrogens with zero attached hydrogens (tertiary/aromatic N) is 4. The highest BCUT2D eigenvalue weighted by Gasteiger charge is 2.43. The fourth-order valence-corrected chi connectivity index (χ4v) is 3.69. The molecule has 10 nitrogen and oxygen atoms in total. The first kappa shape index (κ1) is 23.6. The Balaban J connectivity index is 0.000000360. The third-order valence-corrected chi connectivity index (χ3v) is 5.19. The van der Waals surface area contributed by atoms with Crippen LogP contribution in [-0.4, -0.2) is 75.8 Å². The van der Waals surface area contributed by atoms with Crippen molar-refractivity contribution in [3.05, 3.63) is 41.5 Å². The van der Waals surface area contributed by atoms with Crippen LogP contribution in [0.3, 0.4) is 0 Å². The van der Waals surface area contributed by atoms with Crippen LogP contribution in [0.25, 0.3) is 0 Å². The lowest BCUT2D eigenvalue weighted by Gasteiger charge is -2.19. The molecular weight excluding hydrogens is 435 g/mol. The van der Waals surface area contributed by atoms with Gasteiger partial charge < -0.3 is 19.7 Å². The minimum Gasteiger partial charge on any atom is -0.475 e. The number of hydrogen-bond donors (Lipinski definition) is 2. The maximum absolute atomic E-state index is 12.2. The maximum Gasteiger partial charge on any atom is 0.490 e. The molecule has 0 bridgehead atoms. The quantitative estimate of drug-likeness (QED) is 0.682. The molecule has 3 atom stereocenters. The Bertz CT molecular complexity index is 924. The molecule has 4 heterocycles. The minimum atomic E-state index is -5.08. The number of likely N-dealkylation sites (tertiary alicyclic amines) is 1. The van der Waals surface area contributed by atoms with Crippen LogP contribution in [0.2, 0.25) is 0 Å². The molecule has 0 aromatic carbocycles. The van der Waals surface area contributed by atoms with E-state index in [1.54, 1.807) is 6.07 Å². The molecule has 2 aromatic heterocycles. The highest BCUT2D eigenvalue weighted by Crippen LogP contribution is 2.34. The van der Waals surface area contributed by atoms with Crippen LogP contribution >= 0.6 is 0 Å². The topological polar surface area (TPSA) is 131 Å². The summed E-state index contributed by atoms with van der Waals surface area (Å²) in [6.45, 7) is 5.83. The molecule has 2 aliphatic rings. The predicted octanol–water partition coefficient (Wildman–Crippen LogP) is 1.28. The molecule has 2 fully saturated rings. The summed E-state index contributed by atoms with van der Waals surface area (Å²) in [6.07, 6.45) is -1.86. The number of alkyl halides is 3. The molecule has 0 saturated carbocycles. The van der Waals surface area contributed by atoms with E-state index in [1.165, 1.54) is 12.4 Å². The zero-order valence-corrected chi connectivity index (χ0v) is 17.1. The lowest BCUT2D eigenvalue weighted by atomic mass is 9.93. The van der Waals surface area contributed by atoms with E-state index in [9.17, 15) is 18.0 Å². The Hall–Kier alpha value is -3.06. The molecular formula is C19H22F3N5O5. The SMILES string of the molecule is Cc1cc(CN2C[C@@H]3[C@H](CNC(=O)c4ccnnc4)CO[C@@H]3C2)no1.O=C(O)C(F)(F)F. The molecule has 1 amide bonds. The number of carbonyl (C=O) groups excluding carboxylic acids is 1. The number of carboxylic acid groups (broad SMARTS) is 1. The highest BCUT2D eigenvalue weighted by molar-refractivity contribution is 5.93. The van der Waals surface area contributed by atoms with E-state index in [4.69, 9.17) is 19.2 Å². The van der Waals surface area contributed by atoms with E-state index in [1.807, 2.05) is 13.0 Å². The molecule has 13 heteroatoms. The van der Waals surface area contributed by atoms with Gasteiger partial charge in [-0.15, -0.1) is 0 Å². The van der Waals surface area contributed by atoms with E-state index in [0.29, 0.717) is 30.6 Å². The second kappa shape index (κ2) is 10.0. The molecule has 0 spiro atoms. The Morgan fingerprint density at radius 1 is 1.31 bits per heavy atom. The zero-order chi connectivity index (χ0) is 23.3. The van der Waals surface area contributed by atoms with Gasteiger partial charge in [-0.25, -0.2) is 4.79 Å². The number of fused-ring (bicyclic) bond motifs is 1. The van der Waals surface area contributed by atoms with Gasteiger partial charge in [-0.2, -0.15) is 23.4 Å². The van der Waals surface area contributed by atoms with Crippen molar-refractivity contribution in [3.63, 3.8) is 0 Å². The number of amides is 1. The number of halogens is 3. The van der Waals surface area contributed by atoms with Gasteiger partial charge in [-0.3, -0.25) is 9.69 Å². The molecule has 4 rings (SSSR count). The third-order valence-electron chi connectivity index (χ3n) is 5.19. The summed E-state index contributed by atoms with van der Waals surface area (Å²) >= 11 is 0. The Labute approximate surface area is 180 Å². The Kier molecular flexibility index (Phi) is 7.40. The summed E-state index contributed by atoms with van der Waals surface area (Å²) in [4.78, 5) is 23.4. The van der Waals surface area contributed by atoms with Crippen LogP contribution in [0, 0.1) is 18.8 Å². The number of carboxylic acids is 1. The van der Waals surface area contributed by atoms with Crippen LogP contribution < -0.4 is 5.32 Å². The Morgan fingerprint density at radius 3 is 2.66 bits per heavy atom. The van der Waals surface area contributed by atoms with Gasteiger partial charge in [0.2, 0.25) is 0 Å². The minimum absolute atomic E-state index is 0.119. The van der Waals surface area contributed by atoms with Crippen LogP contribution in [0.1, 0.15) is 21.8 Å². The van der Waals surface area contributed by atoms with Crippen molar-refractivity contribution in [2.75, 3.05) is 26.2 Å². The summed E-state index contributed by atoms with van der Waals surface area (Å²) in [7, 11) is 0. The first-order valence-corrected chi connectivity index (χ1v) is 9.74. The van der Waals surface area contributed by atoms with Crippen LogP contribution in [0.5, 0.6) is 0 Å². The van der Waals surface area contributed by atoms with Gasteiger partial charge in [0.25, 0.3) is 5.91 Å². The van der Waals surface area contributed by atoms with Gasteiger partial charge in [-0.05, 0) is 13.0 Å². The number of carbonyl (C=O) groups is 2. The lowest BCUT2D eigenvalue weighted by molar-refractivity contribution is -0.192. The van der Waals surface area contributed by atoms with Crippen molar-refractivity contribution in [1.29, 1.82) is 0 Å². The van der Waals surface area contributed by atoms with E-state index >= 15 is 0 Å². The number of aliphatic carboxylic acids is 1. The number of hydrogen-bond acceptors (Lipinski definition) is 8. The molecule has 2 aromatic rings. The molecule has 2 N–H and O–H groups in total. The number of aryl methyl sites for hydroxylation is 1. The molecule has 2 aliphatic heterocycles. The standard InChI is InChI=1S/C17H21N5O3.C2HF3O2/c1-11-4-14(21-25-11)7-22-8-15-13(10-24-16(15)9-22)5-18-17(23)12-2-3-19-20-6-12;3-2(4,5)1(6)7/h2-4,6,13,15-16H,5,7-10H2,1H3,(H,18,23);(H,6,7)/t13-,15-,16-;/m1./s1. The van der Waals surface area contributed by atoms with Crippen molar-refractivity contribution in [2.24, 2.45) is 11.8 Å². The molecule has 32 heavy (non-hydrogen) atoms. The average molecular weight is 457 g/mol. The summed E-state index contributed by atoms with van der Waals surface area (Å²) in [5.41, 5.74) is 1.48. The Morgan fingerprint density at radius 2 is 2.06 bits per heavy atom. The first-order chi connectivity index (χ1) is 15.1. The fourth-order valence-electron chi connectivity index (χ4n) is 3.69.